The van der Waals surface area contributed by atoms with Crippen molar-refractivity contribution in [3.63, 3.8) is 0 Å². The topological polar surface area (TPSA) is 156 Å². The van der Waals surface area contributed by atoms with Crippen molar-refractivity contribution in [2.45, 2.75) is 36.0 Å². The first-order chi connectivity index (χ1) is 17.4. The third-order valence-corrected chi connectivity index (χ3v) is 10.1. The van der Waals surface area contributed by atoms with Gasteiger partial charge in [-0.1, -0.05) is 48.0 Å². The Morgan fingerprint density at radius 2 is 1.89 bits per heavy atom. The Labute approximate surface area is 218 Å². The number of halogens is 1. The second-order valence-corrected chi connectivity index (χ2v) is 12.7. The lowest BCUT2D eigenvalue weighted by molar-refractivity contribution is -0.118. The van der Waals surface area contributed by atoms with Crippen LogP contribution in [0.5, 0.6) is 0 Å². The minimum Gasteiger partial charge on any atom is -0.341 e. The maximum atomic E-state index is 13.4. The SMILES string of the molecule is Cc1nn(C)c(Cl)c1S(=O)(=O)N[C@@H](Cc1ccc(C2CC(=O)NS2(=O)=O)cc1)c1nc2ccccc2[nH]1. The molecule has 3 heterocycles. The number of imidazole rings is 1. The summed E-state index contributed by atoms with van der Waals surface area (Å²) in [6.07, 6.45) is 0.0547. The van der Waals surface area contributed by atoms with Crippen molar-refractivity contribution in [2.24, 2.45) is 7.05 Å². The summed E-state index contributed by atoms with van der Waals surface area (Å²) in [4.78, 5) is 19.3. The number of aromatic nitrogens is 4. The molecule has 0 radical (unpaired) electrons. The molecule has 4 aromatic rings. The van der Waals surface area contributed by atoms with E-state index in [1.165, 1.54) is 4.68 Å². The summed E-state index contributed by atoms with van der Waals surface area (Å²) in [6, 6.07) is 13.2. The number of sulfonamides is 2. The molecule has 1 fully saturated rings. The average Bonchev–Trinajstić information content (AvgIpc) is 3.46. The van der Waals surface area contributed by atoms with Gasteiger partial charge in [0.2, 0.25) is 26.0 Å². The predicted molar refractivity (Wildman–Crippen MR) is 137 cm³/mol. The second kappa shape index (κ2) is 9.24. The number of benzene rings is 2. The molecule has 5 rings (SSSR count). The average molecular weight is 563 g/mol. The van der Waals surface area contributed by atoms with Crippen LogP contribution in [0, 0.1) is 6.92 Å². The van der Waals surface area contributed by atoms with Crippen molar-refractivity contribution in [1.29, 1.82) is 0 Å². The fraction of sp³-hybridized carbons (Fsp3) is 0.261. The van der Waals surface area contributed by atoms with Crippen LogP contribution in [0.3, 0.4) is 0 Å². The number of nitrogens with zero attached hydrogens (tertiary/aromatic N) is 3. The number of hydrogen-bond donors (Lipinski definition) is 3. The van der Waals surface area contributed by atoms with E-state index in [1.54, 1.807) is 38.2 Å². The van der Waals surface area contributed by atoms with E-state index in [0.29, 0.717) is 16.9 Å². The number of H-pyrrole nitrogens is 1. The van der Waals surface area contributed by atoms with Gasteiger partial charge >= 0.3 is 0 Å². The third kappa shape index (κ3) is 4.87. The molecule has 14 heteroatoms. The van der Waals surface area contributed by atoms with Crippen LogP contribution in [0.15, 0.2) is 53.4 Å². The van der Waals surface area contributed by atoms with Crippen molar-refractivity contribution in [3.05, 3.63) is 76.3 Å². The Balaban J connectivity index is 1.49. The standard InChI is InChI=1S/C23H23ClN6O5S2/c1-13-21(22(24)30(2)27-13)37(34,35)28-18(23-25-16-5-3-4-6-17(16)26-23)11-14-7-9-15(10-8-14)19-12-20(31)29-36(19,32)33/h3-10,18-19,28H,11-12H2,1-2H3,(H,25,26)(H,29,31)/t18-,19?/m0/s1. The van der Waals surface area contributed by atoms with Crippen LogP contribution in [0.1, 0.15) is 40.4 Å². The van der Waals surface area contributed by atoms with E-state index < -0.39 is 37.2 Å². The number of fused-ring (bicyclic) bond motifs is 1. The Hall–Kier alpha value is -3.26. The number of carbonyl (C=O) groups is 1. The number of aryl methyl sites for hydroxylation is 2. The monoisotopic (exact) mass is 562 g/mol. The van der Waals surface area contributed by atoms with Gasteiger partial charge in [-0.25, -0.2) is 21.8 Å². The van der Waals surface area contributed by atoms with Gasteiger partial charge in [0.15, 0.2) is 0 Å². The van der Waals surface area contributed by atoms with Gasteiger partial charge in [-0.05, 0) is 36.6 Å². The summed E-state index contributed by atoms with van der Waals surface area (Å²) in [7, 11) is -6.31. The minimum absolute atomic E-state index is 0.0151. The Bertz CT molecular complexity index is 1700. The van der Waals surface area contributed by atoms with Crippen molar-refractivity contribution >= 4 is 48.6 Å². The fourth-order valence-corrected chi connectivity index (χ4v) is 7.82. The van der Waals surface area contributed by atoms with Crippen LogP contribution >= 0.6 is 11.6 Å². The van der Waals surface area contributed by atoms with Crippen LogP contribution in [0.2, 0.25) is 5.15 Å². The number of aromatic amines is 1. The zero-order valence-electron chi connectivity index (χ0n) is 19.8. The highest BCUT2D eigenvalue weighted by Gasteiger charge is 2.38. The zero-order chi connectivity index (χ0) is 26.5. The molecule has 194 valence electrons. The molecule has 1 aliphatic rings. The van der Waals surface area contributed by atoms with Gasteiger partial charge in [0.25, 0.3) is 0 Å². The Morgan fingerprint density at radius 3 is 2.49 bits per heavy atom. The first kappa shape index (κ1) is 25.4. The number of para-hydroxylation sites is 2. The molecule has 1 saturated heterocycles. The first-order valence-corrected chi connectivity index (χ1v) is 14.6. The molecule has 0 spiro atoms. The highest BCUT2D eigenvalue weighted by Crippen LogP contribution is 2.31. The van der Waals surface area contributed by atoms with E-state index in [0.717, 1.165) is 11.1 Å². The summed E-state index contributed by atoms with van der Waals surface area (Å²) in [5, 5.41) is 3.13. The Kier molecular flexibility index (Phi) is 6.34. The maximum Gasteiger partial charge on any atom is 0.246 e. The summed E-state index contributed by atoms with van der Waals surface area (Å²) >= 11 is 6.25. The van der Waals surface area contributed by atoms with E-state index in [2.05, 4.69) is 19.8 Å². The number of rotatable bonds is 7. The van der Waals surface area contributed by atoms with E-state index in [4.69, 9.17) is 11.6 Å². The van der Waals surface area contributed by atoms with Crippen LogP contribution in [0.4, 0.5) is 0 Å². The molecule has 37 heavy (non-hydrogen) atoms. The molecular formula is C23H23ClN6O5S2. The normalized spacial score (nSPS) is 18.2. The summed E-state index contributed by atoms with van der Waals surface area (Å²) < 4.78 is 57.3. The van der Waals surface area contributed by atoms with Crippen LogP contribution < -0.4 is 9.44 Å². The molecule has 2 aromatic heterocycles. The van der Waals surface area contributed by atoms with Crippen molar-refractivity contribution in [3.8, 4) is 0 Å². The largest absolute Gasteiger partial charge is 0.341 e. The molecular weight excluding hydrogens is 540 g/mol. The van der Waals surface area contributed by atoms with Crippen LogP contribution in [-0.2, 0) is 38.3 Å². The summed E-state index contributed by atoms with van der Waals surface area (Å²) in [5.41, 5.74) is 2.88. The van der Waals surface area contributed by atoms with Gasteiger partial charge in [0.05, 0.1) is 29.2 Å². The van der Waals surface area contributed by atoms with Gasteiger partial charge in [-0.15, -0.1) is 0 Å². The smallest absolute Gasteiger partial charge is 0.246 e. The van der Waals surface area contributed by atoms with Gasteiger partial charge in [0, 0.05) is 7.05 Å². The number of hydrogen-bond acceptors (Lipinski definition) is 7. The van der Waals surface area contributed by atoms with Crippen molar-refractivity contribution in [1.82, 2.24) is 29.2 Å². The number of nitrogens with one attached hydrogen (secondary N) is 3. The van der Waals surface area contributed by atoms with Gasteiger partial charge in [-0.3, -0.25) is 14.2 Å². The Morgan fingerprint density at radius 1 is 1.19 bits per heavy atom. The van der Waals surface area contributed by atoms with Crippen LogP contribution in [-0.4, -0.2) is 42.5 Å². The summed E-state index contributed by atoms with van der Waals surface area (Å²) in [6.45, 7) is 1.56. The summed E-state index contributed by atoms with van der Waals surface area (Å²) in [5.74, 6) is -0.141. The van der Waals surface area contributed by atoms with E-state index >= 15 is 0 Å². The lowest BCUT2D eigenvalue weighted by Crippen LogP contribution is -2.31. The molecule has 1 amide bonds. The molecule has 2 aromatic carbocycles. The molecule has 1 unspecified atom stereocenters. The zero-order valence-corrected chi connectivity index (χ0v) is 22.2. The molecule has 3 N–H and O–H groups in total. The van der Waals surface area contributed by atoms with E-state index in [1.807, 2.05) is 29.0 Å². The fourth-order valence-electron chi connectivity index (χ4n) is 4.44. The number of carbonyl (C=O) groups excluding carboxylic acids is 1. The highest BCUT2D eigenvalue weighted by atomic mass is 35.5. The molecule has 1 aliphatic heterocycles. The van der Waals surface area contributed by atoms with E-state index in [9.17, 15) is 21.6 Å². The molecule has 0 aliphatic carbocycles. The van der Waals surface area contributed by atoms with Crippen molar-refractivity contribution in [2.75, 3.05) is 0 Å². The minimum atomic E-state index is -4.10. The highest BCUT2D eigenvalue weighted by molar-refractivity contribution is 7.90. The van der Waals surface area contributed by atoms with Gasteiger partial charge < -0.3 is 4.98 Å². The number of amides is 1. The van der Waals surface area contributed by atoms with Crippen molar-refractivity contribution < 1.29 is 21.6 Å². The third-order valence-electron chi connectivity index (χ3n) is 6.20. The quantitative estimate of drug-likeness (QED) is 0.312. The van der Waals surface area contributed by atoms with Gasteiger partial charge in [0.1, 0.15) is 21.1 Å². The molecule has 0 saturated carbocycles. The predicted octanol–water partition coefficient (Wildman–Crippen LogP) is 2.41. The van der Waals surface area contributed by atoms with E-state index in [-0.39, 0.29) is 28.6 Å². The second-order valence-electron chi connectivity index (χ2n) is 8.85. The molecule has 11 nitrogen and oxygen atoms in total. The molecule has 0 bridgehead atoms. The lowest BCUT2D eigenvalue weighted by atomic mass is 10.0. The lowest BCUT2D eigenvalue weighted by Gasteiger charge is -2.18. The van der Waals surface area contributed by atoms with Crippen LogP contribution in [0.25, 0.3) is 11.0 Å². The molecule has 2 atom stereocenters. The van der Waals surface area contributed by atoms with Gasteiger partial charge in [-0.2, -0.15) is 9.82 Å². The maximum absolute atomic E-state index is 13.4. The first-order valence-electron chi connectivity index (χ1n) is 11.2.